The van der Waals surface area contributed by atoms with Crippen molar-refractivity contribution >= 4 is 73.4 Å². The van der Waals surface area contributed by atoms with E-state index < -0.39 is 20.8 Å². The first kappa shape index (κ1) is 24.8. The molecule has 11 heteroatoms. The Hall–Kier alpha value is -2.50. The number of ether oxygens (including phenoxy) is 1. The van der Waals surface area contributed by atoms with Crippen LogP contribution in [0.1, 0.15) is 13.3 Å². The van der Waals surface area contributed by atoms with E-state index in [0.717, 1.165) is 6.07 Å². The van der Waals surface area contributed by atoms with E-state index in [-0.39, 0.29) is 64.0 Å². The van der Waals surface area contributed by atoms with E-state index in [1.54, 1.807) is 31.2 Å². The first-order valence-electron chi connectivity index (χ1n) is 8.87. The van der Waals surface area contributed by atoms with Crippen LogP contribution >= 0.6 is 0 Å². The number of phenolic OH excluding ortho intramolecular Hbond substituents is 1. The Kier molecular flexibility index (Phi) is 8.15. The molecule has 3 N–H and O–H groups in total. The number of nitrogens with one attached hydrogen (secondary N) is 1. The summed E-state index contributed by atoms with van der Waals surface area (Å²) in [4.78, 5) is 11.5. The first-order valence-corrected chi connectivity index (χ1v) is 10.3. The van der Waals surface area contributed by atoms with Crippen molar-refractivity contribution in [1.82, 2.24) is 0 Å². The summed E-state index contributed by atoms with van der Waals surface area (Å²) >= 11 is 0. The number of amides is 1. The molecule has 0 aliphatic heterocycles. The number of fused-ring (bicyclic) bond motifs is 1. The van der Waals surface area contributed by atoms with E-state index in [2.05, 4.69) is 15.5 Å². The molecule has 3 rings (SSSR count). The second-order valence-electron chi connectivity index (χ2n) is 6.22. The molecular weight excluding hydrogens is 433 g/mol. The molecular formula is C20H20N3NaO6S. The molecule has 0 heterocycles. The quantitative estimate of drug-likeness (QED) is 0.294. The number of carbonyl (C=O) groups is 1. The van der Waals surface area contributed by atoms with Crippen LogP contribution in [0, 0.1) is 0 Å². The van der Waals surface area contributed by atoms with Crippen molar-refractivity contribution in [3.63, 3.8) is 0 Å². The van der Waals surface area contributed by atoms with Crippen LogP contribution in [0.3, 0.4) is 0 Å². The molecule has 158 valence electrons. The molecule has 0 aliphatic carbocycles. The number of phenols is 1. The van der Waals surface area contributed by atoms with Crippen LogP contribution < -0.4 is 10.1 Å². The van der Waals surface area contributed by atoms with Gasteiger partial charge in [-0.15, -0.1) is 10.2 Å². The number of para-hydroxylation sites is 1. The summed E-state index contributed by atoms with van der Waals surface area (Å²) in [5.74, 6) is -0.259. The van der Waals surface area contributed by atoms with Crippen molar-refractivity contribution in [3.8, 4) is 11.5 Å². The average Bonchev–Trinajstić information content (AvgIpc) is 2.72. The van der Waals surface area contributed by atoms with Gasteiger partial charge in [0.15, 0.2) is 5.75 Å². The number of hydrogen-bond donors (Lipinski definition) is 3. The molecule has 0 bridgehead atoms. The van der Waals surface area contributed by atoms with Gasteiger partial charge in [-0.3, -0.25) is 9.35 Å². The monoisotopic (exact) mass is 453 g/mol. The van der Waals surface area contributed by atoms with E-state index in [0.29, 0.717) is 11.4 Å². The van der Waals surface area contributed by atoms with Gasteiger partial charge in [0.2, 0.25) is 5.91 Å². The number of hydrogen-bond acceptors (Lipinski definition) is 7. The zero-order valence-corrected chi connectivity index (χ0v) is 17.0. The normalized spacial score (nSPS) is 11.3. The Balaban J connectivity index is 0.00000341. The fraction of sp³-hybridized carbons (Fsp3) is 0.150. The van der Waals surface area contributed by atoms with E-state index >= 15 is 0 Å². The third-order valence-corrected chi connectivity index (χ3v) is 5.23. The van der Waals surface area contributed by atoms with Crippen LogP contribution in [-0.2, 0) is 14.9 Å². The number of rotatable bonds is 6. The second-order valence-corrected chi connectivity index (χ2v) is 7.61. The topological polar surface area (TPSA) is 138 Å². The molecule has 9 nitrogen and oxygen atoms in total. The number of carbonyl (C=O) groups excluding carboxylic acids is 1. The minimum atomic E-state index is -4.57. The number of nitrogens with zero attached hydrogens (tertiary/aromatic N) is 2. The SMILES string of the molecule is CCC(=O)Nc1ccc(S(=O)(=O)O)c2ccc(N=Nc3ccccc3OC)c(O)c12.[NaH]. The maximum atomic E-state index is 11.9. The van der Waals surface area contributed by atoms with Gasteiger partial charge in [0.25, 0.3) is 10.1 Å². The van der Waals surface area contributed by atoms with Gasteiger partial charge in [-0.2, -0.15) is 8.42 Å². The van der Waals surface area contributed by atoms with Crippen molar-refractivity contribution in [1.29, 1.82) is 0 Å². The summed E-state index contributed by atoms with van der Waals surface area (Å²) in [7, 11) is -3.08. The Labute approximate surface area is 201 Å². The fourth-order valence-electron chi connectivity index (χ4n) is 2.86. The van der Waals surface area contributed by atoms with Crippen LogP contribution in [0.4, 0.5) is 17.1 Å². The van der Waals surface area contributed by atoms with Crippen molar-refractivity contribution in [2.75, 3.05) is 12.4 Å². The Morgan fingerprint density at radius 2 is 1.74 bits per heavy atom. The molecule has 3 aromatic rings. The molecule has 0 saturated carbocycles. The van der Waals surface area contributed by atoms with Gasteiger partial charge in [-0.25, -0.2) is 0 Å². The van der Waals surface area contributed by atoms with Gasteiger partial charge in [0.05, 0.1) is 18.2 Å². The van der Waals surface area contributed by atoms with Gasteiger partial charge in [0.1, 0.15) is 22.0 Å². The van der Waals surface area contributed by atoms with Gasteiger partial charge < -0.3 is 15.2 Å². The summed E-state index contributed by atoms with van der Waals surface area (Å²) in [6.07, 6.45) is 0.176. The predicted octanol–water partition coefficient (Wildman–Crippen LogP) is 3.92. The van der Waals surface area contributed by atoms with Crippen molar-refractivity contribution in [2.24, 2.45) is 10.2 Å². The first-order chi connectivity index (χ1) is 14.3. The molecule has 0 unspecified atom stereocenters. The Morgan fingerprint density at radius 3 is 2.39 bits per heavy atom. The van der Waals surface area contributed by atoms with Gasteiger partial charge in [-0.05, 0) is 30.3 Å². The number of anilines is 1. The van der Waals surface area contributed by atoms with Gasteiger partial charge in [0, 0.05) is 11.8 Å². The molecule has 0 saturated heterocycles. The molecule has 3 aromatic carbocycles. The van der Waals surface area contributed by atoms with Crippen LogP contribution in [0.5, 0.6) is 11.5 Å². The standard InChI is InChI=1S/C20H19N3O6S.Na.H/c1-3-18(24)21-14-10-11-17(30(26,27)28)12-8-9-15(20(25)19(12)14)23-22-13-6-4-5-7-16(13)29-2;;/h4-11,25H,3H2,1-2H3,(H,21,24)(H,26,27,28);;. The fourth-order valence-corrected chi connectivity index (χ4v) is 3.55. The van der Waals surface area contributed by atoms with E-state index in [1.165, 1.54) is 25.3 Å². The molecule has 31 heavy (non-hydrogen) atoms. The number of azo groups is 1. The molecule has 0 aliphatic rings. The molecule has 0 fully saturated rings. The summed E-state index contributed by atoms with van der Waals surface area (Å²) in [6.45, 7) is 1.65. The van der Waals surface area contributed by atoms with Crippen molar-refractivity contribution < 1.29 is 27.6 Å². The molecule has 0 radical (unpaired) electrons. The van der Waals surface area contributed by atoms with Crippen molar-refractivity contribution in [3.05, 3.63) is 48.5 Å². The van der Waals surface area contributed by atoms with Crippen molar-refractivity contribution in [2.45, 2.75) is 18.2 Å². The second kappa shape index (κ2) is 10.2. The summed E-state index contributed by atoms with van der Waals surface area (Å²) in [5, 5.41) is 21.6. The van der Waals surface area contributed by atoms with Crippen LogP contribution in [0.15, 0.2) is 63.7 Å². The average molecular weight is 453 g/mol. The summed E-state index contributed by atoms with van der Waals surface area (Å²) < 4.78 is 38.2. The third-order valence-electron chi connectivity index (χ3n) is 4.32. The third kappa shape index (κ3) is 5.41. The van der Waals surface area contributed by atoms with Crippen LogP contribution in [0.25, 0.3) is 10.8 Å². The number of aromatic hydroxyl groups is 1. The van der Waals surface area contributed by atoms with Gasteiger partial charge in [-0.1, -0.05) is 25.1 Å². The maximum absolute atomic E-state index is 11.9. The predicted molar refractivity (Wildman–Crippen MR) is 119 cm³/mol. The Bertz CT molecular complexity index is 1260. The molecule has 1 amide bonds. The summed E-state index contributed by atoms with van der Waals surface area (Å²) in [5.41, 5.74) is 0.634. The van der Waals surface area contributed by atoms with Crippen LogP contribution in [0.2, 0.25) is 0 Å². The zero-order chi connectivity index (χ0) is 21.9. The number of benzene rings is 3. The Morgan fingerprint density at radius 1 is 1.06 bits per heavy atom. The summed E-state index contributed by atoms with van der Waals surface area (Å²) in [6, 6.07) is 12.1. The van der Waals surface area contributed by atoms with E-state index in [1.807, 2.05) is 0 Å². The zero-order valence-electron chi connectivity index (χ0n) is 16.2. The molecule has 0 spiro atoms. The van der Waals surface area contributed by atoms with Gasteiger partial charge >= 0.3 is 29.6 Å². The number of methoxy groups -OCH3 is 1. The molecule has 0 aromatic heterocycles. The minimum absolute atomic E-state index is 0. The molecule has 0 atom stereocenters. The van der Waals surface area contributed by atoms with E-state index in [4.69, 9.17) is 4.74 Å². The van der Waals surface area contributed by atoms with Crippen LogP contribution in [-0.4, -0.2) is 60.7 Å². The van der Waals surface area contributed by atoms with E-state index in [9.17, 15) is 22.9 Å².